The maximum Gasteiger partial charge on any atom is 0.240 e. The van der Waals surface area contributed by atoms with Crippen molar-refractivity contribution in [3.63, 3.8) is 0 Å². The quantitative estimate of drug-likeness (QED) is 0.271. The van der Waals surface area contributed by atoms with Crippen LogP contribution in [0.3, 0.4) is 0 Å². The van der Waals surface area contributed by atoms with E-state index in [4.69, 9.17) is 5.73 Å². The predicted molar refractivity (Wildman–Crippen MR) is 43.8 cm³/mol. The lowest BCUT2D eigenvalue weighted by atomic mass is 10.3. The Kier molecular flexibility index (Phi) is 5.83. The minimum atomic E-state index is 0.881. The molecule has 3 heteroatoms. The summed E-state index contributed by atoms with van der Waals surface area (Å²) in [6.45, 7) is 2.95. The van der Waals surface area contributed by atoms with E-state index in [9.17, 15) is 0 Å². The first-order chi connectivity index (χ1) is 4.31. The van der Waals surface area contributed by atoms with Crippen LogP contribution < -0.4 is 10.7 Å². The Balaban J connectivity index is 3.25. The van der Waals surface area contributed by atoms with Crippen LogP contribution in [0.4, 0.5) is 0 Å². The number of hydrogen-bond acceptors (Lipinski definition) is 1. The Morgan fingerprint density at radius 1 is 1.67 bits per heavy atom. The Morgan fingerprint density at radius 2 is 2.33 bits per heavy atom. The summed E-state index contributed by atoms with van der Waals surface area (Å²) in [7, 11) is 0. The summed E-state index contributed by atoms with van der Waals surface area (Å²) in [6, 6.07) is 0. The molecule has 0 rings (SSSR count). The van der Waals surface area contributed by atoms with Crippen LogP contribution in [0.25, 0.3) is 0 Å². The smallest absolute Gasteiger partial charge is 0.240 e. The van der Waals surface area contributed by atoms with Crippen LogP contribution >= 0.6 is 12.6 Å². The molecular formula is C6H15N2S+. The van der Waals surface area contributed by atoms with Gasteiger partial charge in [0, 0.05) is 6.42 Å². The first-order valence-corrected chi connectivity index (χ1v) is 3.90. The summed E-state index contributed by atoms with van der Waals surface area (Å²) < 4.78 is 0. The third kappa shape index (κ3) is 5.69. The maximum atomic E-state index is 5.54. The molecule has 0 saturated heterocycles. The molecule has 0 bridgehead atoms. The fourth-order valence-corrected chi connectivity index (χ4v) is 0.743. The topological polar surface area (TPSA) is 40.0 Å². The molecule has 2 nitrogen and oxygen atoms in total. The van der Waals surface area contributed by atoms with Gasteiger partial charge in [-0.1, -0.05) is 0 Å². The summed E-state index contributed by atoms with van der Waals surface area (Å²) in [5, 5.41) is 0. The van der Waals surface area contributed by atoms with Gasteiger partial charge in [-0.05, 0) is 19.1 Å². The van der Waals surface area contributed by atoms with Crippen molar-refractivity contribution in [3.05, 3.63) is 0 Å². The molecule has 0 saturated carbocycles. The van der Waals surface area contributed by atoms with Gasteiger partial charge in [0.2, 0.25) is 5.84 Å². The van der Waals surface area contributed by atoms with E-state index in [1.807, 2.05) is 6.92 Å². The van der Waals surface area contributed by atoms with Crippen LogP contribution in [-0.4, -0.2) is 18.1 Å². The molecule has 0 amide bonds. The van der Waals surface area contributed by atoms with Crippen LogP contribution in [0.2, 0.25) is 0 Å². The fourth-order valence-electron chi connectivity index (χ4n) is 0.585. The summed E-state index contributed by atoms with van der Waals surface area (Å²) >= 11 is 4.07. The molecule has 3 N–H and O–H groups in total. The van der Waals surface area contributed by atoms with Gasteiger partial charge in [-0.3, -0.25) is 10.7 Å². The van der Waals surface area contributed by atoms with Crippen LogP contribution in [-0.2, 0) is 0 Å². The van der Waals surface area contributed by atoms with E-state index >= 15 is 0 Å². The second-order valence-electron chi connectivity index (χ2n) is 1.88. The molecule has 0 radical (unpaired) electrons. The van der Waals surface area contributed by atoms with Gasteiger partial charge in [0.05, 0.1) is 6.54 Å². The van der Waals surface area contributed by atoms with E-state index in [1.54, 1.807) is 0 Å². The molecule has 0 aliphatic heterocycles. The largest absolute Gasteiger partial charge is 0.291 e. The molecule has 0 aromatic rings. The number of thiol groups is 1. The average Bonchev–Trinajstić information content (AvgIpc) is 1.85. The molecule has 0 atom stereocenters. The maximum absolute atomic E-state index is 5.54. The van der Waals surface area contributed by atoms with Gasteiger partial charge in [-0.15, -0.1) is 0 Å². The zero-order chi connectivity index (χ0) is 7.11. The lowest BCUT2D eigenvalue weighted by molar-refractivity contribution is -0.454. The van der Waals surface area contributed by atoms with Gasteiger partial charge in [-0.2, -0.15) is 12.6 Å². The van der Waals surface area contributed by atoms with Crippen LogP contribution in [0.15, 0.2) is 0 Å². The van der Waals surface area contributed by atoms with Crippen LogP contribution in [0, 0.1) is 0 Å². The normalized spacial score (nSPS) is 12.0. The van der Waals surface area contributed by atoms with Gasteiger partial charge in [0.25, 0.3) is 0 Å². The third-order valence-electron chi connectivity index (χ3n) is 1.01. The van der Waals surface area contributed by atoms with Gasteiger partial charge >= 0.3 is 0 Å². The summed E-state index contributed by atoms with van der Waals surface area (Å²) in [5.74, 6) is 1.79. The van der Waals surface area contributed by atoms with E-state index in [-0.39, 0.29) is 0 Å². The van der Waals surface area contributed by atoms with Gasteiger partial charge in [0.15, 0.2) is 0 Å². The Labute approximate surface area is 62.0 Å². The van der Waals surface area contributed by atoms with E-state index < -0.39 is 0 Å². The molecule has 0 aliphatic rings. The predicted octanol–water partition coefficient (Wildman–Crippen LogP) is -0.846. The van der Waals surface area contributed by atoms with Crippen LogP contribution in [0.1, 0.15) is 19.8 Å². The van der Waals surface area contributed by atoms with Crippen molar-refractivity contribution in [3.8, 4) is 0 Å². The number of amidine groups is 1. The third-order valence-corrected chi connectivity index (χ3v) is 1.32. The first kappa shape index (κ1) is 8.82. The monoisotopic (exact) mass is 147 g/mol. The lowest BCUT2D eigenvalue weighted by Gasteiger charge is -1.89. The van der Waals surface area contributed by atoms with Crippen molar-refractivity contribution >= 4 is 18.5 Å². The molecule has 0 aliphatic carbocycles. The van der Waals surface area contributed by atoms with Crippen molar-refractivity contribution in [2.24, 2.45) is 5.73 Å². The Bertz CT molecular complexity index is 91.1. The zero-order valence-electron chi connectivity index (χ0n) is 5.85. The van der Waals surface area contributed by atoms with Crippen molar-refractivity contribution < 1.29 is 4.99 Å². The van der Waals surface area contributed by atoms with Crippen molar-refractivity contribution in [2.45, 2.75) is 19.8 Å². The van der Waals surface area contributed by atoms with Crippen molar-refractivity contribution in [1.29, 1.82) is 0 Å². The Hall–Kier alpha value is -0.180. The molecule has 0 fully saturated rings. The average molecular weight is 147 g/mol. The minimum Gasteiger partial charge on any atom is -0.291 e. The molecule has 9 heavy (non-hydrogen) atoms. The highest BCUT2D eigenvalue weighted by Gasteiger charge is 1.94. The van der Waals surface area contributed by atoms with E-state index in [0.29, 0.717) is 0 Å². The highest BCUT2D eigenvalue weighted by Crippen LogP contribution is 1.86. The first-order valence-electron chi connectivity index (χ1n) is 3.27. The second kappa shape index (κ2) is 5.95. The molecule has 0 unspecified atom stereocenters. The summed E-state index contributed by atoms with van der Waals surface area (Å²) in [4.78, 5) is 3.04. The molecule has 0 aromatic carbocycles. The summed E-state index contributed by atoms with van der Waals surface area (Å²) in [6.07, 6.45) is 2.00. The molecule has 0 aromatic heterocycles. The standard InChI is InChI=1S/C6H14N2S/c1-2-8-6(7)4-3-5-9/h9H,2-5H2,1H3,(H2,7,8)/p+1. The molecular weight excluding hydrogens is 132 g/mol. The number of nitrogens with two attached hydrogens (primary N) is 1. The SMILES string of the molecule is CC[NH+]=C(N)CCCS. The zero-order valence-corrected chi connectivity index (χ0v) is 6.75. The Morgan fingerprint density at radius 3 is 2.78 bits per heavy atom. The fraction of sp³-hybridized carbons (Fsp3) is 0.833. The highest BCUT2D eigenvalue weighted by molar-refractivity contribution is 7.80. The van der Waals surface area contributed by atoms with Crippen molar-refractivity contribution in [1.82, 2.24) is 0 Å². The van der Waals surface area contributed by atoms with Gasteiger partial charge < -0.3 is 0 Å². The van der Waals surface area contributed by atoms with Crippen molar-refractivity contribution in [2.75, 3.05) is 12.3 Å². The number of nitrogens with one attached hydrogen (secondary N) is 1. The van der Waals surface area contributed by atoms with Gasteiger partial charge in [-0.25, -0.2) is 0 Å². The number of rotatable bonds is 4. The van der Waals surface area contributed by atoms with Crippen LogP contribution in [0.5, 0.6) is 0 Å². The summed E-state index contributed by atoms with van der Waals surface area (Å²) in [5.41, 5.74) is 5.54. The van der Waals surface area contributed by atoms with E-state index in [2.05, 4.69) is 17.6 Å². The van der Waals surface area contributed by atoms with E-state index in [0.717, 1.165) is 31.0 Å². The molecule has 54 valence electrons. The van der Waals surface area contributed by atoms with Gasteiger partial charge in [0.1, 0.15) is 0 Å². The molecule has 0 spiro atoms. The highest BCUT2D eigenvalue weighted by atomic mass is 32.1. The minimum absolute atomic E-state index is 0.881. The lowest BCUT2D eigenvalue weighted by Crippen LogP contribution is -2.74. The molecule has 0 heterocycles. The number of hydrogen-bond donors (Lipinski definition) is 3. The van der Waals surface area contributed by atoms with E-state index in [1.165, 1.54) is 0 Å². The second-order valence-corrected chi connectivity index (χ2v) is 2.33.